The predicted octanol–water partition coefficient (Wildman–Crippen LogP) is 1.26. The van der Waals surface area contributed by atoms with Crippen LogP contribution in [0.15, 0.2) is 12.3 Å². The Morgan fingerprint density at radius 3 is 2.47 bits per heavy atom. The number of carbonyl (C=O) groups is 2. The number of fused-ring (bicyclic) bond motifs is 1. The third kappa shape index (κ3) is 1.42. The molecule has 0 fully saturated rings. The molecule has 0 unspecified atom stereocenters. The van der Waals surface area contributed by atoms with E-state index in [1.165, 1.54) is 0 Å². The Morgan fingerprint density at radius 2 is 1.87 bits per heavy atom. The molecule has 1 aliphatic rings. The number of amides is 2. The summed E-state index contributed by atoms with van der Waals surface area (Å²) < 4.78 is 0. The minimum atomic E-state index is -0.340. The normalized spacial score (nSPS) is 15.1. The van der Waals surface area contributed by atoms with Crippen LogP contribution in [0.4, 0.5) is 0 Å². The zero-order chi connectivity index (χ0) is 11.2. The smallest absolute Gasteiger partial charge is 0.260 e. The largest absolute Gasteiger partial charge is 0.288 e. The molecule has 2 heterocycles. The number of hydrogen-bond acceptors (Lipinski definition) is 3. The van der Waals surface area contributed by atoms with Gasteiger partial charge in [-0.1, -0.05) is 20.8 Å². The van der Waals surface area contributed by atoms with Crippen molar-refractivity contribution in [3.63, 3.8) is 0 Å². The summed E-state index contributed by atoms with van der Waals surface area (Å²) >= 11 is 0. The van der Waals surface area contributed by atoms with Gasteiger partial charge in [-0.25, -0.2) is 0 Å². The lowest BCUT2D eigenvalue weighted by Gasteiger charge is -2.19. The molecule has 0 aromatic carbocycles. The van der Waals surface area contributed by atoms with Gasteiger partial charge in [0, 0.05) is 11.6 Å². The highest BCUT2D eigenvalue weighted by Crippen LogP contribution is 2.28. The fraction of sp³-hybridized carbons (Fsp3) is 0.364. The molecular weight excluding hydrogens is 192 g/mol. The van der Waals surface area contributed by atoms with Crippen molar-refractivity contribution in [2.24, 2.45) is 0 Å². The number of pyridine rings is 1. The quantitative estimate of drug-likeness (QED) is 0.647. The molecule has 4 nitrogen and oxygen atoms in total. The molecule has 2 amide bonds. The van der Waals surface area contributed by atoms with Crippen LogP contribution in [0, 0.1) is 0 Å². The van der Waals surface area contributed by atoms with Gasteiger partial charge in [-0.15, -0.1) is 0 Å². The van der Waals surface area contributed by atoms with Crippen molar-refractivity contribution in [1.82, 2.24) is 10.3 Å². The first-order valence-electron chi connectivity index (χ1n) is 4.76. The Hall–Kier alpha value is -1.71. The molecule has 0 atom stereocenters. The van der Waals surface area contributed by atoms with Crippen molar-refractivity contribution in [2.75, 3.05) is 0 Å². The summed E-state index contributed by atoms with van der Waals surface area (Å²) in [5.74, 6) is -0.670. The van der Waals surface area contributed by atoms with E-state index in [4.69, 9.17) is 0 Å². The zero-order valence-corrected chi connectivity index (χ0v) is 8.92. The third-order valence-electron chi connectivity index (χ3n) is 2.36. The van der Waals surface area contributed by atoms with Gasteiger partial charge in [-0.05, 0) is 6.07 Å². The van der Waals surface area contributed by atoms with Gasteiger partial charge in [-0.3, -0.25) is 19.9 Å². The molecule has 1 aromatic heterocycles. The molecule has 0 aliphatic carbocycles. The maximum absolute atomic E-state index is 11.6. The summed E-state index contributed by atoms with van der Waals surface area (Å²) in [6, 6.07) is 1.57. The zero-order valence-electron chi connectivity index (χ0n) is 8.92. The predicted molar refractivity (Wildman–Crippen MR) is 54.7 cm³/mol. The van der Waals surface area contributed by atoms with Gasteiger partial charge >= 0.3 is 0 Å². The summed E-state index contributed by atoms with van der Waals surface area (Å²) in [7, 11) is 0. The van der Waals surface area contributed by atoms with Crippen LogP contribution >= 0.6 is 0 Å². The third-order valence-corrected chi connectivity index (χ3v) is 2.36. The van der Waals surface area contributed by atoms with Crippen LogP contribution in [-0.4, -0.2) is 16.8 Å². The van der Waals surface area contributed by atoms with Crippen LogP contribution in [0.1, 0.15) is 47.2 Å². The highest BCUT2D eigenvalue weighted by atomic mass is 16.2. The van der Waals surface area contributed by atoms with Crippen molar-refractivity contribution < 1.29 is 9.59 Å². The fourth-order valence-electron chi connectivity index (χ4n) is 1.68. The first-order valence-corrected chi connectivity index (χ1v) is 4.76. The van der Waals surface area contributed by atoms with Crippen molar-refractivity contribution >= 4 is 11.8 Å². The summed E-state index contributed by atoms with van der Waals surface area (Å²) in [4.78, 5) is 27.2. The lowest BCUT2D eigenvalue weighted by atomic mass is 9.87. The molecule has 4 heteroatoms. The van der Waals surface area contributed by atoms with Crippen molar-refractivity contribution in [1.29, 1.82) is 0 Å². The summed E-state index contributed by atoms with van der Waals surface area (Å²) in [5, 5.41) is 2.28. The molecule has 0 saturated heterocycles. The van der Waals surface area contributed by atoms with Crippen LogP contribution in [0.3, 0.4) is 0 Å². The minimum Gasteiger partial charge on any atom is -0.288 e. The summed E-state index contributed by atoms with van der Waals surface area (Å²) in [5.41, 5.74) is 1.28. The van der Waals surface area contributed by atoms with Gasteiger partial charge in [0.1, 0.15) is 0 Å². The molecular formula is C11H12N2O2. The second kappa shape index (κ2) is 2.89. The van der Waals surface area contributed by atoms with E-state index in [-0.39, 0.29) is 17.2 Å². The SMILES string of the molecule is CC(C)(C)c1nccc2c1C(=O)NC2=O. The van der Waals surface area contributed by atoms with Crippen molar-refractivity contribution in [3.05, 3.63) is 29.1 Å². The van der Waals surface area contributed by atoms with E-state index >= 15 is 0 Å². The number of rotatable bonds is 0. The monoisotopic (exact) mass is 204 g/mol. The Kier molecular flexibility index (Phi) is 1.89. The number of carbonyl (C=O) groups excluding carboxylic acids is 2. The van der Waals surface area contributed by atoms with Gasteiger partial charge < -0.3 is 0 Å². The maximum Gasteiger partial charge on any atom is 0.260 e. The van der Waals surface area contributed by atoms with Crippen molar-refractivity contribution in [3.8, 4) is 0 Å². The summed E-state index contributed by atoms with van der Waals surface area (Å²) in [6.07, 6.45) is 1.57. The van der Waals surface area contributed by atoms with Gasteiger partial charge in [-0.2, -0.15) is 0 Å². The average Bonchev–Trinajstić information content (AvgIpc) is 2.41. The van der Waals surface area contributed by atoms with E-state index in [0.29, 0.717) is 16.8 Å². The Bertz CT molecular complexity index is 458. The second-order valence-corrected chi connectivity index (χ2v) is 4.62. The molecule has 1 N–H and O–H groups in total. The van der Waals surface area contributed by atoms with Crippen molar-refractivity contribution in [2.45, 2.75) is 26.2 Å². The van der Waals surface area contributed by atoms with E-state index in [0.717, 1.165) is 0 Å². The topological polar surface area (TPSA) is 59.1 Å². The molecule has 15 heavy (non-hydrogen) atoms. The molecule has 0 saturated carbocycles. The number of nitrogens with one attached hydrogen (secondary N) is 1. The molecule has 0 bridgehead atoms. The van der Waals surface area contributed by atoms with Gasteiger partial charge in [0.05, 0.1) is 16.8 Å². The first-order chi connectivity index (χ1) is 6.91. The van der Waals surface area contributed by atoms with Crippen LogP contribution in [0.5, 0.6) is 0 Å². The van der Waals surface area contributed by atoms with E-state index < -0.39 is 0 Å². The number of imide groups is 1. The second-order valence-electron chi connectivity index (χ2n) is 4.62. The number of nitrogens with zero attached hydrogens (tertiary/aromatic N) is 1. The van der Waals surface area contributed by atoms with E-state index in [9.17, 15) is 9.59 Å². The minimum absolute atomic E-state index is 0.243. The van der Waals surface area contributed by atoms with Crippen LogP contribution in [-0.2, 0) is 5.41 Å². The molecule has 0 spiro atoms. The molecule has 2 rings (SSSR count). The Morgan fingerprint density at radius 1 is 1.20 bits per heavy atom. The Labute approximate surface area is 87.7 Å². The lowest BCUT2D eigenvalue weighted by molar-refractivity contribution is 0.0879. The van der Waals surface area contributed by atoms with Crippen LogP contribution in [0.25, 0.3) is 0 Å². The number of hydrogen-bond donors (Lipinski definition) is 1. The average molecular weight is 204 g/mol. The lowest BCUT2D eigenvalue weighted by Crippen LogP contribution is -2.22. The molecule has 0 radical (unpaired) electrons. The first kappa shape index (κ1) is 9.83. The fourth-order valence-corrected chi connectivity index (χ4v) is 1.68. The van der Waals surface area contributed by atoms with Crippen LogP contribution < -0.4 is 5.32 Å². The summed E-state index contributed by atoms with van der Waals surface area (Å²) in [6.45, 7) is 5.89. The number of aromatic nitrogens is 1. The van der Waals surface area contributed by atoms with E-state index in [1.807, 2.05) is 20.8 Å². The van der Waals surface area contributed by atoms with E-state index in [2.05, 4.69) is 10.3 Å². The molecule has 78 valence electrons. The highest BCUT2D eigenvalue weighted by molar-refractivity contribution is 6.22. The van der Waals surface area contributed by atoms with Gasteiger partial charge in [0.2, 0.25) is 0 Å². The molecule has 1 aliphatic heterocycles. The Balaban J connectivity index is 2.71. The maximum atomic E-state index is 11.6. The van der Waals surface area contributed by atoms with E-state index in [1.54, 1.807) is 12.3 Å². The molecule has 1 aromatic rings. The van der Waals surface area contributed by atoms with Crippen LogP contribution in [0.2, 0.25) is 0 Å². The highest BCUT2D eigenvalue weighted by Gasteiger charge is 2.33. The van der Waals surface area contributed by atoms with Gasteiger partial charge in [0.25, 0.3) is 11.8 Å². The van der Waals surface area contributed by atoms with Gasteiger partial charge in [0.15, 0.2) is 0 Å². The standard InChI is InChI=1S/C11H12N2O2/c1-11(2,3)8-7-6(4-5-12-8)9(14)13-10(7)15/h4-5H,1-3H3,(H,13,14,15).